The number of amides is 1. The lowest BCUT2D eigenvalue weighted by Gasteiger charge is -2.14. The summed E-state index contributed by atoms with van der Waals surface area (Å²) >= 11 is 0. The molecule has 0 aliphatic heterocycles. The molecule has 0 spiro atoms. The van der Waals surface area contributed by atoms with Gasteiger partial charge in [0.15, 0.2) is 0 Å². The Balaban J connectivity index is 1.93. The summed E-state index contributed by atoms with van der Waals surface area (Å²) in [6.07, 6.45) is 1.35. The zero-order valence-corrected chi connectivity index (χ0v) is 13.1. The second-order valence-corrected chi connectivity index (χ2v) is 5.42. The average Bonchev–Trinajstić information content (AvgIpc) is 2.99. The Labute approximate surface area is 134 Å². The first-order valence-electron chi connectivity index (χ1n) is 7.31. The number of hydrogen-bond donors (Lipinski definition) is 3. The highest BCUT2D eigenvalue weighted by molar-refractivity contribution is 5.94. The number of carbonyl (C=O) groups is 2. The number of carboxylic acids is 1. The van der Waals surface area contributed by atoms with Crippen LogP contribution in [0.25, 0.3) is 0 Å². The van der Waals surface area contributed by atoms with Gasteiger partial charge < -0.3 is 14.8 Å². The number of nitrogens with one attached hydrogen (secondary N) is 2. The predicted octanol–water partition coefficient (Wildman–Crippen LogP) is 2.47. The summed E-state index contributed by atoms with van der Waals surface area (Å²) in [5.74, 6) is -0.810. The fourth-order valence-corrected chi connectivity index (χ4v) is 2.22. The number of rotatable bonds is 7. The van der Waals surface area contributed by atoms with Gasteiger partial charge in [-0.25, -0.2) is 0 Å². The normalized spacial score (nSPS) is 11.9. The first-order valence-corrected chi connectivity index (χ1v) is 7.31. The lowest BCUT2D eigenvalue weighted by atomic mass is 10.1. The van der Waals surface area contributed by atoms with Gasteiger partial charge in [0.25, 0.3) is 0 Å². The van der Waals surface area contributed by atoms with E-state index in [0.717, 1.165) is 11.1 Å². The van der Waals surface area contributed by atoms with Gasteiger partial charge >= 0.3 is 5.97 Å². The Hall–Kier alpha value is -2.60. The van der Waals surface area contributed by atoms with Crippen LogP contribution in [0.4, 0.5) is 5.69 Å². The van der Waals surface area contributed by atoms with Gasteiger partial charge in [-0.2, -0.15) is 0 Å². The van der Waals surface area contributed by atoms with Crippen molar-refractivity contribution in [1.82, 2.24) is 5.32 Å². The summed E-state index contributed by atoms with van der Waals surface area (Å²) in [6, 6.07) is 8.15. The van der Waals surface area contributed by atoms with Crippen LogP contribution in [0.15, 0.2) is 41.0 Å². The Bertz CT molecular complexity index is 680. The molecule has 0 saturated carbocycles. The van der Waals surface area contributed by atoms with Crippen molar-refractivity contribution in [2.75, 3.05) is 5.32 Å². The second kappa shape index (κ2) is 7.60. The number of aryl methyl sites for hydroxylation is 2. The maximum absolute atomic E-state index is 12.1. The third-order valence-corrected chi connectivity index (χ3v) is 3.45. The summed E-state index contributed by atoms with van der Waals surface area (Å²) in [5, 5.41) is 14.8. The molecule has 0 aliphatic rings. The average molecular weight is 316 g/mol. The number of hydrogen-bond acceptors (Lipinski definition) is 4. The Morgan fingerprint density at radius 1 is 1.26 bits per heavy atom. The van der Waals surface area contributed by atoms with Gasteiger partial charge in [0.1, 0.15) is 11.8 Å². The minimum atomic E-state index is -1.08. The molecule has 2 rings (SSSR count). The van der Waals surface area contributed by atoms with Crippen molar-refractivity contribution < 1.29 is 19.1 Å². The van der Waals surface area contributed by atoms with Gasteiger partial charge in [-0.3, -0.25) is 14.9 Å². The molecule has 0 fully saturated rings. The van der Waals surface area contributed by atoms with Gasteiger partial charge in [-0.1, -0.05) is 17.7 Å². The van der Waals surface area contributed by atoms with E-state index >= 15 is 0 Å². The molecular formula is C17H20N2O4. The van der Waals surface area contributed by atoms with Crippen molar-refractivity contribution in [2.45, 2.75) is 32.9 Å². The minimum absolute atomic E-state index is 0.163. The van der Waals surface area contributed by atoms with Crippen molar-refractivity contribution >= 4 is 17.6 Å². The SMILES string of the molecule is Cc1ccc(NC(=O)CC(NCc2ccco2)C(=O)O)c(C)c1. The highest BCUT2D eigenvalue weighted by atomic mass is 16.4. The largest absolute Gasteiger partial charge is 0.480 e. The molecule has 0 radical (unpaired) electrons. The van der Waals surface area contributed by atoms with E-state index in [2.05, 4.69) is 10.6 Å². The van der Waals surface area contributed by atoms with Crippen LogP contribution in [-0.2, 0) is 16.1 Å². The maximum Gasteiger partial charge on any atom is 0.321 e. The highest BCUT2D eigenvalue weighted by Gasteiger charge is 2.21. The van der Waals surface area contributed by atoms with E-state index in [1.54, 1.807) is 12.1 Å². The highest BCUT2D eigenvalue weighted by Crippen LogP contribution is 2.16. The summed E-state index contributed by atoms with van der Waals surface area (Å²) < 4.78 is 5.14. The number of benzene rings is 1. The quantitative estimate of drug-likeness (QED) is 0.730. The van der Waals surface area contributed by atoms with Gasteiger partial charge in [0, 0.05) is 5.69 Å². The van der Waals surface area contributed by atoms with Crippen molar-refractivity contribution in [3.63, 3.8) is 0 Å². The van der Waals surface area contributed by atoms with Crippen LogP contribution in [-0.4, -0.2) is 23.0 Å². The molecule has 1 unspecified atom stereocenters. The monoisotopic (exact) mass is 316 g/mol. The molecule has 2 aromatic rings. The third kappa shape index (κ3) is 4.96. The standard InChI is InChI=1S/C17H20N2O4/c1-11-5-6-14(12(2)8-11)19-16(20)9-15(17(21)22)18-10-13-4-3-7-23-13/h3-8,15,18H,9-10H2,1-2H3,(H,19,20)(H,21,22). The van der Waals surface area contributed by atoms with E-state index in [1.807, 2.05) is 32.0 Å². The molecule has 122 valence electrons. The molecular weight excluding hydrogens is 296 g/mol. The van der Waals surface area contributed by atoms with Gasteiger partial charge in [-0.05, 0) is 37.6 Å². The minimum Gasteiger partial charge on any atom is -0.480 e. The predicted molar refractivity (Wildman–Crippen MR) is 86.1 cm³/mol. The second-order valence-electron chi connectivity index (χ2n) is 5.42. The topological polar surface area (TPSA) is 91.6 Å². The third-order valence-electron chi connectivity index (χ3n) is 3.45. The van der Waals surface area contributed by atoms with Crippen molar-refractivity contribution in [3.05, 3.63) is 53.5 Å². The number of carboxylic acid groups (broad SMARTS) is 1. The number of furan rings is 1. The summed E-state index contributed by atoms with van der Waals surface area (Å²) in [7, 11) is 0. The lowest BCUT2D eigenvalue weighted by Crippen LogP contribution is -2.39. The van der Waals surface area contributed by atoms with Crippen molar-refractivity contribution in [2.24, 2.45) is 0 Å². The Kier molecular flexibility index (Phi) is 5.54. The Morgan fingerprint density at radius 2 is 2.04 bits per heavy atom. The van der Waals surface area contributed by atoms with Crippen LogP contribution in [0.1, 0.15) is 23.3 Å². The summed E-state index contributed by atoms with van der Waals surface area (Å²) in [4.78, 5) is 23.4. The van der Waals surface area contributed by atoms with Crippen LogP contribution >= 0.6 is 0 Å². The molecule has 1 amide bonds. The van der Waals surface area contributed by atoms with E-state index in [4.69, 9.17) is 4.42 Å². The Morgan fingerprint density at radius 3 is 2.65 bits per heavy atom. The van der Waals surface area contributed by atoms with Crippen LogP contribution < -0.4 is 10.6 Å². The fraction of sp³-hybridized carbons (Fsp3) is 0.294. The van der Waals surface area contributed by atoms with Crippen molar-refractivity contribution in [3.8, 4) is 0 Å². The lowest BCUT2D eigenvalue weighted by molar-refractivity contribution is -0.141. The smallest absolute Gasteiger partial charge is 0.321 e. The summed E-state index contributed by atoms with van der Waals surface area (Å²) in [5.41, 5.74) is 2.73. The van der Waals surface area contributed by atoms with Gasteiger partial charge in [0.05, 0.1) is 19.2 Å². The molecule has 0 bridgehead atoms. The molecule has 1 heterocycles. The number of carbonyl (C=O) groups excluding carboxylic acids is 1. The molecule has 1 aromatic heterocycles. The molecule has 23 heavy (non-hydrogen) atoms. The zero-order valence-electron chi connectivity index (χ0n) is 13.1. The first-order chi connectivity index (χ1) is 11.0. The van der Waals surface area contributed by atoms with Gasteiger partial charge in [-0.15, -0.1) is 0 Å². The molecule has 1 atom stereocenters. The summed E-state index contributed by atoms with van der Waals surface area (Å²) in [6.45, 7) is 4.12. The first kappa shape index (κ1) is 16.8. The molecule has 0 saturated heterocycles. The van der Waals surface area contributed by atoms with Crippen LogP contribution in [0, 0.1) is 13.8 Å². The fourth-order valence-electron chi connectivity index (χ4n) is 2.22. The zero-order chi connectivity index (χ0) is 16.8. The van der Waals surface area contributed by atoms with Crippen molar-refractivity contribution in [1.29, 1.82) is 0 Å². The van der Waals surface area contributed by atoms with E-state index in [-0.39, 0.29) is 18.9 Å². The molecule has 6 nitrogen and oxygen atoms in total. The van der Waals surface area contributed by atoms with Gasteiger partial charge in [0.2, 0.25) is 5.91 Å². The number of aliphatic carboxylic acids is 1. The maximum atomic E-state index is 12.1. The van der Waals surface area contributed by atoms with E-state index in [9.17, 15) is 14.7 Å². The van der Waals surface area contributed by atoms with Crippen LogP contribution in [0.3, 0.4) is 0 Å². The molecule has 3 N–H and O–H groups in total. The van der Waals surface area contributed by atoms with E-state index < -0.39 is 12.0 Å². The van der Waals surface area contributed by atoms with Crippen LogP contribution in [0.5, 0.6) is 0 Å². The van der Waals surface area contributed by atoms with E-state index in [1.165, 1.54) is 6.26 Å². The number of anilines is 1. The molecule has 0 aliphatic carbocycles. The van der Waals surface area contributed by atoms with Crippen LogP contribution in [0.2, 0.25) is 0 Å². The molecule has 1 aromatic carbocycles. The molecule has 6 heteroatoms. The van der Waals surface area contributed by atoms with E-state index in [0.29, 0.717) is 11.4 Å².